The van der Waals surface area contributed by atoms with Gasteiger partial charge in [-0.1, -0.05) is 15.9 Å². The minimum atomic E-state index is 0.159. The van der Waals surface area contributed by atoms with Crippen molar-refractivity contribution in [3.05, 3.63) is 53.4 Å². The van der Waals surface area contributed by atoms with Crippen molar-refractivity contribution in [3.63, 3.8) is 0 Å². The van der Waals surface area contributed by atoms with E-state index in [0.29, 0.717) is 11.7 Å². The molecule has 32 heavy (non-hydrogen) atoms. The smallest absolute Gasteiger partial charge is 0.227 e. The molecule has 164 valence electrons. The number of halogens is 1. The largest absolute Gasteiger partial charge is 0.494 e. The standard InChI is InChI=1S/C23H23BrN6O2/c1-30-13-16(11-27-30)14-6-18(9-20(7-14)32-19-3-4-25-12-19)28-23-26-10-15-5-17(24)8-21(31-2)22(15)29-23/h5-11,13,19,25H,3-4,12H2,1-2H3,(H,26,28,29)/t19-/m1/s1. The normalized spacial score (nSPS) is 15.8. The van der Waals surface area contributed by atoms with Crippen LogP contribution in [0.2, 0.25) is 0 Å². The van der Waals surface area contributed by atoms with Crippen molar-refractivity contribution in [2.75, 3.05) is 25.5 Å². The van der Waals surface area contributed by atoms with Crippen molar-refractivity contribution >= 4 is 38.5 Å². The van der Waals surface area contributed by atoms with E-state index in [1.54, 1.807) is 18.0 Å². The second-order valence-electron chi connectivity index (χ2n) is 7.75. The van der Waals surface area contributed by atoms with E-state index in [1.165, 1.54) is 0 Å². The van der Waals surface area contributed by atoms with E-state index in [1.807, 2.05) is 49.8 Å². The number of rotatable bonds is 6. The van der Waals surface area contributed by atoms with Gasteiger partial charge in [0.05, 0.1) is 13.3 Å². The van der Waals surface area contributed by atoms with Gasteiger partial charge in [-0.05, 0) is 42.8 Å². The highest BCUT2D eigenvalue weighted by Crippen LogP contribution is 2.32. The summed E-state index contributed by atoms with van der Waals surface area (Å²) >= 11 is 3.50. The third kappa shape index (κ3) is 4.39. The van der Waals surface area contributed by atoms with Crippen LogP contribution in [0, 0.1) is 0 Å². The van der Waals surface area contributed by atoms with Crippen LogP contribution in [0.4, 0.5) is 11.6 Å². The number of hydrogen-bond acceptors (Lipinski definition) is 7. The molecule has 0 aliphatic carbocycles. The van der Waals surface area contributed by atoms with Crippen molar-refractivity contribution in [3.8, 4) is 22.6 Å². The second-order valence-corrected chi connectivity index (χ2v) is 8.66. The Balaban J connectivity index is 1.51. The molecule has 5 rings (SSSR count). The van der Waals surface area contributed by atoms with Gasteiger partial charge in [0.15, 0.2) is 0 Å². The van der Waals surface area contributed by atoms with Crippen LogP contribution in [-0.4, -0.2) is 46.1 Å². The molecule has 1 aliphatic heterocycles. The summed E-state index contributed by atoms with van der Waals surface area (Å²) in [5.74, 6) is 1.96. The molecule has 0 amide bonds. The molecule has 2 aromatic carbocycles. The lowest BCUT2D eigenvalue weighted by Crippen LogP contribution is -2.19. The quantitative estimate of drug-likeness (QED) is 0.413. The molecule has 2 aromatic heterocycles. The van der Waals surface area contributed by atoms with Crippen molar-refractivity contribution in [1.82, 2.24) is 25.1 Å². The van der Waals surface area contributed by atoms with Gasteiger partial charge in [-0.25, -0.2) is 9.97 Å². The Morgan fingerprint density at radius 3 is 2.81 bits per heavy atom. The number of methoxy groups -OCH3 is 1. The topological polar surface area (TPSA) is 86.1 Å². The van der Waals surface area contributed by atoms with Crippen molar-refractivity contribution in [2.24, 2.45) is 7.05 Å². The predicted octanol–water partition coefficient (Wildman–Crippen LogP) is 4.29. The number of ether oxygens (including phenoxy) is 2. The summed E-state index contributed by atoms with van der Waals surface area (Å²) in [5, 5.41) is 11.9. The summed E-state index contributed by atoms with van der Waals surface area (Å²) in [7, 11) is 3.54. The fraction of sp³-hybridized carbons (Fsp3) is 0.261. The van der Waals surface area contributed by atoms with Crippen LogP contribution in [0.5, 0.6) is 11.5 Å². The van der Waals surface area contributed by atoms with Crippen molar-refractivity contribution in [2.45, 2.75) is 12.5 Å². The lowest BCUT2D eigenvalue weighted by atomic mass is 10.1. The van der Waals surface area contributed by atoms with Crippen LogP contribution in [0.3, 0.4) is 0 Å². The number of fused-ring (bicyclic) bond motifs is 1. The monoisotopic (exact) mass is 494 g/mol. The SMILES string of the molecule is COc1cc(Br)cc2cnc(Nc3cc(O[C@@H]4CCNC4)cc(-c4cnn(C)c4)c3)nc12. The molecule has 1 fully saturated rings. The third-order valence-electron chi connectivity index (χ3n) is 5.35. The number of aryl methyl sites for hydroxylation is 1. The van der Waals surface area contributed by atoms with Gasteiger partial charge in [-0.2, -0.15) is 5.10 Å². The van der Waals surface area contributed by atoms with Gasteiger partial charge in [0, 0.05) is 53.2 Å². The molecular formula is C23H23BrN6O2. The summed E-state index contributed by atoms with van der Waals surface area (Å²) in [5.41, 5.74) is 3.59. The van der Waals surface area contributed by atoms with Gasteiger partial charge in [0.2, 0.25) is 5.95 Å². The lowest BCUT2D eigenvalue weighted by molar-refractivity contribution is 0.223. The van der Waals surface area contributed by atoms with Gasteiger partial charge in [0.1, 0.15) is 23.1 Å². The van der Waals surface area contributed by atoms with Crippen LogP contribution in [-0.2, 0) is 7.05 Å². The first-order valence-corrected chi connectivity index (χ1v) is 11.2. The van der Waals surface area contributed by atoms with Crippen LogP contribution in [0.15, 0.2) is 53.4 Å². The van der Waals surface area contributed by atoms with E-state index < -0.39 is 0 Å². The molecule has 8 nitrogen and oxygen atoms in total. The molecule has 9 heteroatoms. The van der Waals surface area contributed by atoms with E-state index in [0.717, 1.165) is 57.4 Å². The summed E-state index contributed by atoms with van der Waals surface area (Å²) < 4.78 is 14.5. The maximum atomic E-state index is 6.25. The number of aromatic nitrogens is 4. The Bertz CT molecular complexity index is 1270. The van der Waals surface area contributed by atoms with Crippen molar-refractivity contribution < 1.29 is 9.47 Å². The number of nitrogens with zero attached hydrogens (tertiary/aromatic N) is 4. The molecule has 0 radical (unpaired) electrons. The van der Waals surface area contributed by atoms with Gasteiger partial charge in [0.25, 0.3) is 0 Å². The molecule has 2 N–H and O–H groups in total. The zero-order valence-electron chi connectivity index (χ0n) is 17.8. The summed E-state index contributed by atoms with van der Waals surface area (Å²) in [6.45, 7) is 1.82. The van der Waals surface area contributed by atoms with Gasteiger partial charge in [-0.15, -0.1) is 0 Å². The van der Waals surface area contributed by atoms with E-state index in [-0.39, 0.29) is 6.10 Å². The highest BCUT2D eigenvalue weighted by atomic mass is 79.9. The van der Waals surface area contributed by atoms with Crippen LogP contribution < -0.4 is 20.1 Å². The molecule has 4 aromatic rings. The first-order chi connectivity index (χ1) is 15.6. The summed E-state index contributed by atoms with van der Waals surface area (Å²) in [6.07, 6.45) is 6.75. The molecule has 0 bridgehead atoms. The zero-order chi connectivity index (χ0) is 22.1. The average Bonchev–Trinajstić information content (AvgIpc) is 3.45. The molecule has 1 aliphatic rings. The fourth-order valence-corrected chi connectivity index (χ4v) is 4.27. The number of anilines is 2. The average molecular weight is 495 g/mol. The first-order valence-electron chi connectivity index (χ1n) is 10.4. The Hall–Kier alpha value is -3.17. The highest BCUT2D eigenvalue weighted by Gasteiger charge is 2.17. The van der Waals surface area contributed by atoms with Gasteiger partial charge < -0.3 is 20.1 Å². The second kappa shape index (κ2) is 8.76. The van der Waals surface area contributed by atoms with Crippen molar-refractivity contribution in [1.29, 1.82) is 0 Å². The van der Waals surface area contributed by atoms with E-state index in [2.05, 4.69) is 41.6 Å². The molecule has 1 saturated heterocycles. The molecule has 0 unspecified atom stereocenters. The van der Waals surface area contributed by atoms with Crippen LogP contribution >= 0.6 is 15.9 Å². The third-order valence-corrected chi connectivity index (χ3v) is 5.81. The maximum Gasteiger partial charge on any atom is 0.227 e. The molecule has 3 heterocycles. The Morgan fingerprint density at radius 2 is 2.06 bits per heavy atom. The van der Waals surface area contributed by atoms with Crippen LogP contribution in [0.1, 0.15) is 6.42 Å². The molecule has 0 saturated carbocycles. The Kier molecular flexibility index (Phi) is 5.67. The first kappa shape index (κ1) is 20.7. The zero-order valence-corrected chi connectivity index (χ0v) is 19.4. The number of nitrogens with one attached hydrogen (secondary N) is 2. The number of hydrogen-bond donors (Lipinski definition) is 2. The molecular weight excluding hydrogens is 472 g/mol. The molecule has 0 spiro atoms. The fourth-order valence-electron chi connectivity index (χ4n) is 3.82. The van der Waals surface area contributed by atoms with Crippen LogP contribution in [0.25, 0.3) is 22.0 Å². The minimum absolute atomic E-state index is 0.159. The Labute approximate surface area is 194 Å². The lowest BCUT2D eigenvalue weighted by Gasteiger charge is -2.16. The summed E-state index contributed by atoms with van der Waals surface area (Å²) in [4.78, 5) is 9.18. The maximum absolute atomic E-state index is 6.25. The number of benzene rings is 2. The molecule has 1 atom stereocenters. The highest BCUT2D eigenvalue weighted by molar-refractivity contribution is 9.10. The van der Waals surface area contributed by atoms with Gasteiger partial charge in [-0.3, -0.25) is 4.68 Å². The predicted molar refractivity (Wildman–Crippen MR) is 128 cm³/mol. The van der Waals surface area contributed by atoms with E-state index in [4.69, 9.17) is 9.47 Å². The Morgan fingerprint density at radius 1 is 1.16 bits per heavy atom. The van der Waals surface area contributed by atoms with E-state index >= 15 is 0 Å². The minimum Gasteiger partial charge on any atom is -0.494 e. The van der Waals surface area contributed by atoms with Gasteiger partial charge >= 0.3 is 0 Å². The van der Waals surface area contributed by atoms with E-state index in [9.17, 15) is 0 Å². The summed E-state index contributed by atoms with van der Waals surface area (Å²) in [6, 6.07) is 9.92.